The lowest BCUT2D eigenvalue weighted by Crippen LogP contribution is -2.57. The fourth-order valence-corrected chi connectivity index (χ4v) is 0.579. The van der Waals surface area contributed by atoms with Crippen molar-refractivity contribution in [3.8, 4) is 0 Å². The van der Waals surface area contributed by atoms with Crippen LogP contribution in [0.3, 0.4) is 0 Å². The maximum Gasteiger partial charge on any atom is 0.238 e. The number of hydrogen-bond acceptors (Lipinski definition) is 4. The lowest BCUT2D eigenvalue weighted by Gasteiger charge is -2.30. The number of ketones is 1. The standard InChI is InChI=1S/C7H15N3O2/c1-5(11)4-10(9)7(2,3)6(8)12/h4,9H2,1-3H3,(H2,8,12). The Labute approximate surface area is 71.7 Å². The van der Waals surface area contributed by atoms with Gasteiger partial charge in [-0.3, -0.25) is 15.4 Å². The molecule has 0 heterocycles. The lowest BCUT2D eigenvalue weighted by atomic mass is 10.0. The average molecular weight is 173 g/mol. The highest BCUT2D eigenvalue weighted by Gasteiger charge is 2.31. The van der Waals surface area contributed by atoms with Crippen molar-refractivity contribution in [1.29, 1.82) is 0 Å². The number of hydrogen-bond donors (Lipinski definition) is 2. The molecule has 0 aliphatic heterocycles. The van der Waals surface area contributed by atoms with Crippen LogP contribution in [0.2, 0.25) is 0 Å². The highest BCUT2D eigenvalue weighted by molar-refractivity contribution is 5.85. The van der Waals surface area contributed by atoms with Crippen LogP contribution in [0.1, 0.15) is 20.8 Å². The van der Waals surface area contributed by atoms with E-state index >= 15 is 0 Å². The van der Waals surface area contributed by atoms with Crippen molar-refractivity contribution in [3.63, 3.8) is 0 Å². The van der Waals surface area contributed by atoms with Crippen molar-refractivity contribution in [2.45, 2.75) is 26.3 Å². The SMILES string of the molecule is CC(=O)CN(N)C(C)(C)C(N)=O. The van der Waals surface area contributed by atoms with E-state index in [2.05, 4.69) is 0 Å². The smallest absolute Gasteiger partial charge is 0.238 e. The number of rotatable bonds is 4. The van der Waals surface area contributed by atoms with Crippen molar-refractivity contribution >= 4 is 11.7 Å². The van der Waals surface area contributed by atoms with Crippen LogP contribution >= 0.6 is 0 Å². The summed E-state index contributed by atoms with van der Waals surface area (Å²) < 4.78 is 0. The molecule has 0 fully saturated rings. The molecule has 0 aromatic carbocycles. The van der Waals surface area contributed by atoms with Crippen molar-refractivity contribution < 1.29 is 9.59 Å². The van der Waals surface area contributed by atoms with Crippen LogP contribution in [0.5, 0.6) is 0 Å². The number of primary amides is 1. The summed E-state index contributed by atoms with van der Waals surface area (Å²) in [7, 11) is 0. The maximum atomic E-state index is 10.8. The molecule has 0 atom stereocenters. The third kappa shape index (κ3) is 2.60. The first-order chi connectivity index (χ1) is 5.28. The molecule has 0 spiro atoms. The van der Waals surface area contributed by atoms with Gasteiger partial charge in [-0.2, -0.15) is 0 Å². The summed E-state index contributed by atoms with van der Waals surface area (Å²) in [5, 5.41) is 1.14. The van der Waals surface area contributed by atoms with Gasteiger partial charge in [0.1, 0.15) is 11.3 Å². The van der Waals surface area contributed by atoms with Gasteiger partial charge in [-0.1, -0.05) is 0 Å². The molecule has 0 saturated carbocycles. The van der Waals surface area contributed by atoms with Crippen LogP contribution in [-0.2, 0) is 9.59 Å². The fourth-order valence-electron chi connectivity index (χ4n) is 0.579. The van der Waals surface area contributed by atoms with E-state index in [0.29, 0.717) is 0 Å². The Bertz CT molecular complexity index is 201. The molecule has 4 N–H and O–H groups in total. The van der Waals surface area contributed by atoms with E-state index < -0.39 is 11.4 Å². The predicted octanol–water partition coefficient (Wildman–Crippen LogP) is -0.985. The second-order valence-electron chi connectivity index (χ2n) is 3.25. The molecule has 0 aliphatic carbocycles. The van der Waals surface area contributed by atoms with Gasteiger partial charge in [0.25, 0.3) is 0 Å². The Kier molecular flexibility index (Phi) is 3.36. The van der Waals surface area contributed by atoms with E-state index in [0.717, 1.165) is 5.01 Å². The first-order valence-corrected chi connectivity index (χ1v) is 3.60. The molecular weight excluding hydrogens is 158 g/mol. The molecule has 0 bridgehead atoms. The van der Waals surface area contributed by atoms with Gasteiger partial charge in [0.2, 0.25) is 5.91 Å². The number of hydrazine groups is 1. The topological polar surface area (TPSA) is 89.4 Å². The summed E-state index contributed by atoms with van der Waals surface area (Å²) in [5.74, 6) is 4.81. The zero-order valence-corrected chi connectivity index (χ0v) is 7.63. The van der Waals surface area contributed by atoms with Gasteiger partial charge in [0.15, 0.2) is 0 Å². The second kappa shape index (κ2) is 3.64. The van der Waals surface area contributed by atoms with Crippen LogP contribution in [0.15, 0.2) is 0 Å². The molecule has 0 unspecified atom stereocenters. The van der Waals surface area contributed by atoms with Crippen LogP contribution < -0.4 is 11.6 Å². The van der Waals surface area contributed by atoms with Gasteiger partial charge in [0, 0.05) is 0 Å². The van der Waals surface area contributed by atoms with Gasteiger partial charge in [-0.15, -0.1) is 0 Å². The predicted molar refractivity (Wildman–Crippen MR) is 44.8 cm³/mol. The third-order valence-electron chi connectivity index (χ3n) is 1.71. The lowest BCUT2D eigenvalue weighted by molar-refractivity contribution is -0.130. The van der Waals surface area contributed by atoms with E-state index in [1.165, 1.54) is 6.92 Å². The molecule has 5 heteroatoms. The van der Waals surface area contributed by atoms with Crippen molar-refractivity contribution in [1.82, 2.24) is 5.01 Å². The van der Waals surface area contributed by atoms with Crippen LogP contribution in [0.4, 0.5) is 0 Å². The minimum absolute atomic E-state index is 0.0237. The van der Waals surface area contributed by atoms with E-state index in [1.54, 1.807) is 13.8 Å². The van der Waals surface area contributed by atoms with Gasteiger partial charge in [-0.05, 0) is 20.8 Å². The zero-order chi connectivity index (χ0) is 9.94. The Morgan fingerprint density at radius 2 is 1.83 bits per heavy atom. The molecule has 0 radical (unpaired) electrons. The largest absolute Gasteiger partial charge is 0.368 e. The molecule has 70 valence electrons. The van der Waals surface area contributed by atoms with Gasteiger partial charge >= 0.3 is 0 Å². The van der Waals surface area contributed by atoms with Crippen LogP contribution in [0.25, 0.3) is 0 Å². The second-order valence-corrected chi connectivity index (χ2v) is 3.25. The normalized spacial score (nSPS) is 11.8. The van der Waals surface area contributed by atoms with Crippen molar-refractivity contribution in [2.24, 2.45) is 11.6 Å². The summed E-state index contributed by atoms with van der Waals surface area (Å²) in [6.45, 7) is 4.56. The molecule has 0 aromatic heterocycles. The fraction of sp³-hybridized carbons (Fsp3) is 0.714. The highest BCUT2D eigenvalue weighted by Crippen LogP contribution is 2.08. The number of carbonyl (C=O) groups is 2. The molecule has 1 amide bonds. The summed E-state index contributed by atoms with van der Waals surface area (Å²) >= 11 is 0. The molecule has 0 aromatic rings. The van der Waals surface area contributed by atoms with Gasteiger partial charge < -0.3 is 5.73 Å². The molecule has 0 aliphatic rings. The minimum Gasteiger partial charge on any atom is -0.368 e. The summed E-state index contributed by atoms with van der Waals surface area (Å²) in [6.07, 6.45) is 0. The number of nitrogens with two attached hydrogens (primary N) is 2. The van der Waals surface area contributed by atoms with E-state index in [-0.39, 0.29) is 12.3 Å². The molecular formula is C7H15N3O2. The van der Waals surface area contributed by atoms with Crippen LogP contribution in [0, 0.1) is 0 Å². The zero-order valence-electron chi connectivity index (χ0n) is 7.63. The Balaban J connectivity index is 4.35. The number of Topliss-reactive ketones (excluding diaryl/α,β-unsaturated/α-hetero) is 1. The number of nitrogens with zero attached hydrogens (tertiary/aromatic N) is 1. The first kappa shape index (κ1) is 11.1. The number of carbonyl (C=O) groups excluding carboxylic acids is 2. The first-order valence-electron chi connectivity index (χ1n) is 3.60. The van der Waals surface area contributed by atoms with E-state index in [4.69, 9.17) is 11.6 Å². The average Bonchev–Trinajstić information content (AvgIpc) is 1.85. The van der Waals surface area contributed by atoms with Crippen LogP contribution in [-0.4, -0.2) is 28.8 Å². The Morgan fingerprint density at radius 1 is 1.42 bits per heavy atom. The molecule has 5 nitrogen and oxygen atoms in total. The van der Waals surface area contributed by atoms with E-state index in [1.807, 2.05) is 0 Å². The van der Waals surface area contributed by atoms with E-state index in [9.17, 15) is 9.59 Å². The van der Waals surface area contributed by atoms with Gasteiger partial charge in [0.05, 0.1) is 6.54 Å². The monoisotopic (exact) mass is 173 g/mol. The van der Waals surface area contributed by atoms with Crippen molar-refractivity contribution in [2.75, 3.05) is 6.54 Å². The number of amides is 1. The summed E-state index contributed by atoms with van der Waals surface area (Å²) in [6, 6.07) is 0. The van der Waals surface area contributed by atoms with Gasteiger partial charge in [-0.25, -0.2) is 5.01 Å². The minimum atomic E-state index is -0.980. The Hall–Kier alpha value is -0.940. The summed E-state index contributed by atoms with van der Waals surface area (Å²) in [5.41, 5.74) is 4.09. The molecule has 0 saturated heterocycles. The third-order valence-corrected chi connectivity index (χ3v) is 1.71. The molecule has 0 rings (SSSR count). The summed E-state index contributed by atoms with van der Waals surface area (Å²) in [4.78, 5) is 21.5. The van der Waals surface area contributed by atoms with Crippen molar-refractivity contribution in [3.05, 3.63) is 0 Å². The Morgan fingerprint density at radius 3 is 2.08 bits per heavy atom. The maximum absolute atomic E-state index is 10.8. The highest BCUT2D eigenvalue weighted by atomic mass is 16.2. The molecule has 12 heavy (non-hydrogen) atoms. The quantitative estimate of drug-likeness (QED) is 0.422.